The summed E-state index contributed by atoms with van der Waals surface area (Å²) in [6.45, 7) is 6.65. The van der Waals surface area contributed by atoms with E-state index in [1.807, 2.05) is 0 Å². The average molecular weight is 295 g/mol. The molecule has 2 aliphatic rings. The fourth-order valence-corrected chi connectivity index (χ4v) is 3.63. The number of nitrogens with one attached hydrogen (secondary N) is 1. The maximum Gasteiger partial charge on any atom is 0.161 e. The van der Waals surface area contributed by atoms with Crippen LogP contribution in [-0.4, -0.2) is 19.8 Å². The number of hydrogen-bond donors (Lipinski definition) is 1. The predicted molar refractivity (Wildman–Crippen MR) is 86.9 cm³/mol. The zero-order valence-electron chi connectivity index (χ0n) is 13.1. The van der Waals surface area contributed by atoms with E-state index in [0.717, 1.165) is 24.5 Å². The zero-order valence-corrected chi connectivity index (χ0v) is 13.1. The van der Waals surface area contributed by atoms with Crippen molar-refractivity contribution in [2.75, 3.05) is 19.8 Å². The Balaban J connectivity index is 1.85. The van der Waals surface area contributed by atoms with Gasteiger partial charge >= 0.3 is 0 Å². The molecule has 0 bridgehead atoms. The van der Waals surface area contributed by atoms with Crippen LogP contribution in [0.25, 0.3) is 0 Å². The van der Waals surface area contributed by atoms with Gasteiger partial charge in [-0.05, 0) is 60.2 Å². The van der Waals surface area contributed by atoms with Crippen molar-refractivity contribution in [2.24, 2.45) is 0 Å². The highest BCUT2D eigenvalue weighted by molar-refractivity contribution is 5.53. The minimum atomic E-state index is 0.237. The van der Waals surface area contributed by atoms with Crippen molar-refractivity contribution in [1.29, 1.82) is 0 Å². The number of benzene rings is 2. The van der Waals surface area contributed by atoms with Gasteiger partial charge in [-0.15, -0.1) is 0 Å². The van der Waals surface area contributed by atoms with Crippen LogP contribution in [-0.2, 0) is 6.42 Å². The van der Waals surface area contributed by atoms with Gasteiger partial charge in [-0.25, -0.2) is 0 Å². The second-order valence-electron chi connectivity index (χ2n) is 6.14. The molecule has 2 aromatic carbocycles. The standard InChI is InChI=1S/C19H21NO2/c1-12-4-3-5-13(2)18(12)19-15-11-17-16(21-8-9-22-17)10-14(15)6-7-20-19/h3-5,10-11,19-20H,6-9H2,1-2H3. The fraction of sp³-hybridized carbons (Fsp3) is 0.368. The molecule has 2 aliphatic heterocycles. The van der Waals surface area contributed by atoms with Gasteiger partial charge in [0.2, 0.25) is 0 Å². The van der Waals surface area contributed by atoms with Crippen molar-refractivity contribution in [3.8, 4) is 11.5 Å². The molecule has 0 saturated carbocycles. The van der Waals surface area contributed by atoms with Crippen molar-refractivity contribution in [2.45, 2.75) is 26.3 Å². The van der Waals surface area contributed by atoms with Crippen LogP contribution >= 0.6 is 0 Å². The van der Waals surface area contributed by atoms with Crippen molar-refractivity contribution >= 4 is 0 Å². The van der Waals surface area contributed by atoms with Gasteiger partial charge < -0.3 is 14.8 Å². The lowest BCUT2D eigenvalue weighted by molar-refractivity contribution is 0.171. The van der Waals surface area contributed by atoms with E-state index in [9.17, 15) is 0 Å². The summed E-state index contributed by atoms with van der Waals surface area (Å²) in [7, 11) is 0. The van der Waals surface area contributed by atoms with E-state index in [1.165, 1.54) is 27.8 Å². The van der Waals surface area contributed by atoms with E-state index >= 15 is 0 Å². The largest absolute Gasteiger partial charge is 0.486 e. The zero-order chi connectivity index (χ0) is 15.1. The monoisotopic (exact) mass is 295 g/mol. The molecule has 2 heterocycles. The van der Waals surface area contributed by atoms with Crippen LogP contribution in [0, 0.1) is 13.8 Å². The maximum absolute atomic E-state index is 5.78. The molecule has 0 aliphatic carbocycles. The molecule has 0 fully saturated rings. The first kappa shape index (κ1) is 13.6. The maximum atomic E-state index is 5.78. The number of ether oxygens (including phenoxy) is 2. The molecule has 4 rings (SSSR count). The highest BCUT2D eigenvalue weighted by Gasteiger charge is 2.26. The van der Waals surface area contributed by atoms with Gasteiger partial charge in [-0.2, -0.15) is 0 Å². The van der Waals surface area contributed by atoms with Crippen LogP contribution in [0.4, 0.5) is 0 Å². The quantitative estimate of drug-likeness (QED) is 0.875. The van der Waals surface area contributed by atoms with Crippen LogP contribution in [0.15, 0.2) is 30.3 Å². The summed E-state index contributed by atoms with van der Waals surface area (Å²) >= 11 is 0. The minimum absolute atomic E-state index is 0.237. The first-order valence-corrected chi connectivity index (χ1v) is 7.96. The Kier molecular flexibility index (Phi) is 3.30. The van der Waals surface area contributed by atoms with E-state index in [2.05, 4.69) is 49.5 Å². The Hall–Kier alpha value is -2.00. The third-order valence-corrected chi connectivity index (χ3v) is 4.69. The molecule has 1 N–H and O–H groups in total. The first-order valence-electron chi connectivity index (χ1n) is 7.96. The summed E-state index contributed by atoms with van der Waals surface area (Å²) in [5.41, 5.74) is 6.75. The molecule has 22 heavy (non-hydrogen) atoms. The molecular formula is C19H21NO2. The Morgan fingerprint density at radius 3 is 2.41 bits per heavy atom. The van der Waals surface area contributed by atoms with Crippen LogP contribution in [0.3, 0.4) is 0 Å². The van der Waals surface area contributed by atoms with E-state index in [0.29, 0.717) is 13.2 Å². The summed E-state index contributed by atoms with van der Waals surface area (Å²) in [6.07, 6.45) is 1.04. The lowest BCUT2D eigenvalue weighted by Gasteiger charge is -2.31. The fourth-order valence-electron chi connectivity index (χ4n) is 3.63. The normalized spacial score (nSPS) is 19.6. The third-order valence-electron chi connectivity index (χ3n) is 4.69. The van der Waals surface area contributed by atoms with Gasteiger partial charge in [0.15, 0.2) is 11.5 Å². The van der Waals surface area contributed by atoms with Crippen LogP contribution < -0.4 is 14.8 Å². The first-order chi connectivity index (χ1) is 10.7. The number of rotatable bonds is 1. The molecule has 0 aromatic heterocycles. The van der Waals surface area contributed by atoms with Crippen LogP contribution in [0.2, 0.25) is 0 Å². The molecule has 0 spiro atoms. The summed E-state index contributed by atoms with van der Waals surface area (Å²) in [6, 6.07) is 11.1. The van der Waals surface area contributed by atoms with Crippen LogP contribution in [0.1, 0.15) is 33.9 Å². The summed E-state index contributed by atoms with van der Waals surface area (Å²) in [5.74, 6) is 1.78. The molecule has 0 saturated heterocycles. The second kappa shape index (κ2) is 5.33. The van der Waals surface area contributed by atoms with Crippen molar-refractivity contribution in [3.63, 3.8) is 0 Å². The van der Waals surface area contributed by atoms with Crippen molar-refractivity contribution in [3.05, 3.63) is 58.1 Å². The molecule has 2 aromatic rings. The van der Waals surface area contributed by atoms with Gasteiger partial charge in [0, 0.05) is 6.54 Å². The molecule has 1 unspecified atom stereocenters. The van der Waals surface area contributed by atoms with Gasteiger partial charge in [0.05, 0.1) is 6.04 Å². The molecule has 1 atom stereocenters. The molecule has 3 nitrogen and oxygen atoms in total. The van der Waals surface area contributed by atoms with Crippen LogP contribution in [0.5, 0.6) is 11.5 Å². The van der Waals surface area contributed by atoms with E-state index < -0.39 is 0 Å². The van der Waals surface area contributed by atoms with E-state index in [4.69, 9.17) is 9.47 Å². The Morgan fingerprint density at radius 2 is 1.68 bits per heavy atom. The Labute approximate surface area is 131 Å². The van der Waals surface area contributed by atoms with Gasteiger partial charge in [0.1, 0.15) is 13.2 Å². The highest BCUT2D eigenvalue weighted by atomic mass is 16.6. The molecular weight excluding hydrogens is 274 g/mol. The number of aryl methyl sites for hydroxylation is 2. The topological polar surface area (TPSA) is 30.5 Å². The van der Waals surface area contributed by atoms with Gasteiger partial charge in [0.25, 0.3) is 0 Å². The summed E-state index contributed by atoms with van der Waals surface area (Å²) in [4.78, 5) is 0. The SMILES string of the molecule is Cc1cccc(C)c1C1NCCc2cc3c(cc21)OCCO3. The van der Waals surface area contributed by atoms with Gasteiger partial charge in [-0.3, -0.25) is 0 Å². The molecule has 0 radical (unpaired) electrons. The predicted octanol–water partition coefficient (Wildman–Crippen LogP) is 3.31. The Bertz CT molecular complexity index is 703. The lowest BCUT2D eigenvalue weighted by atomic mass is 9.85. The van der Waals surface area contributed by atoms with E-state index in [1.54, 1.807) is 0 Å². The van der Waals surface area contributed by atoms with E-state index in [-0.39, 0.29) is 6.04 Å². The number of fused-ring (bicyclic) bond motifs is 2. The summed E-state index contributed by atoms with van der Waals surface area (Å²) < 4.78 is 11.5. The number of hydrogen-bond acceptors (Lipinski definition) is 3. The molecule has 114 valence electrons. The Morgan fingerprint density at radius 1 is 1.00 bits per heavy atom. The molecule has 0 amide bonds. The van der Waals surface area contributed by atoms with Crippen molar-refractivity contribution in [1.82, 2.24) is 5.32 Å². The minimum Gasteiger partial charge on any atom is -0.486 e. The van der Waals surface area contributed by atoms with Gasteiger partial charge in [-0.1, -0.05) is 18.2 Å². The van der Waals surface area contributed by atoms with Crippen molar-refractivity contribution < 1.29 is 9.47 Å². The smallest absolute Gasteiger partial charge is 0.161 e. The molecule has 3 heteroatoms. The average Bonchev–Trinajstić information content (AvgIpc) is 2.53. The lowest BCUT2D eigenvalue weighted by Crippen LogP contribution is -2.32. The third kappa shape index (κ3) is 2.17. The second-order valence-corrected chi connectivity index (χ2v) is 6.14. The summed E-state index contributed by atoms with van der Waals surface area (Å²) in [5, 5.41) is 3.68. The highest BCUT2D eigenvalue weighted by Crippen LogP contribution is 2.40.